The van der Waals surface area contributed by atoms with Crippen molar-refractivity contribution in [2.24, 2.45) is 5.92 Å². The molecule has 0 unspecified atom stereocenters. The topological polar surface area (TPSA) is 142 Å². The Labute approximate surface area is 251 Å². The second kappa shape index (κ2) is 13.6. The number of nitrogens with zero attached hydrogens (tertiary/aromatic N) is 1. The van der Waals surface area contributed by atoms with Crippen molar-refractivity contribution < 1.29 is 28.7 Å². The summed E-state index contributed by atoms with van der Waals surface area (Å²) in [5.41, 5.74) is 2.67. The largest absolute Gasteiger partial charge is 0.495 e. The average molecular weight is 592 g/mol. The van der Waals surface area contributed by atoms with Gasteiger partial charge in [-0.25, -0.2) is 4.79 Å². The number of ether oxygens (including phenoxy) is 2. The smallest absolute Gasteiger partial charge is 0.408 e. The fourth-order valence-corrected chi connectivity index (χ4v) is 5.12. The van der Waals surface area contributed by atoms with Gasteiger partial charge in [-0.2, -0.15) is 0 Å². The summed E-state index contributed by atoms with van der Waals surface area (Å²) in [4.78, 5) is 56.5. The van der Waals surface area contributed by atoms with E-state index in [1.807, 2.05) is 49.5 Å². The Bertz CT molecular complexity index is 1470. The number of anilines is 1. The molecule has 1 fully saturated rings. The molecule has 43 heavy (non-hydrogen) atoms. The van der Waals surface area contributed by atoms with E-state index in [4.69, 9.17) is 9.47 Å². The van der Waals surface area contributed by atoms with Gasteiger partial charge in [0.05, 0.1) is 12.8 Å². The van der Waals surface area contributed by atoms with E-state index in [0.717, 1.165) is 22.0 Å². The van der Waals surface area contributed by atoms with Gasteiger partial charge >= 0.3 is 6.09 Å². The maximum atomic E-state index is 13.6. The Hall–Kier alpha value is -4.54. The minimum Gasteiger partial charge on any atom is -0.495 e. The van der Waals surface area contributed by atoms with Gasteiger partial charge in [0.1, 0.15) is 23.9 Å². The Kier molecular flexibility index (Phi) is 9.95. The lowest BCUT2D eigenvalue weighted by atomic mass is 9.94. The van der Waals surface area contributed by atoms with Gasteiger partial charge in [-0.05, 0) is 69.9 Å². The first kappa shape index (κ1) is 31.4. The third-order valence-corrected chi connectivity index (χ3v) is 7.35. The number of para-hydroxylation sites is 1. The molecular formula is C32H41N5O6. The van der Waals surface area contributed by atoms with E-state index < -0.39 is 17.7 Å². The Morgan fingerprint density at radius 2 is 1.79 bits per heavy atom. The number of aryl methyl sites for hydroxylation is 1. The number of hydrogen-bond acceptors (Lipinski definition) is 6. The van der Waals surface area contributed by atoms with Gasteiger partial charge in [-0.1, -0.05) is 24.3 Å². The number of methoxy groups -OCH3 is 1. The van der Waals surface area contributed by atoms with Crippen molar-refractivity contribution in [3.63, 3.8) is 0 Å². The van der Waals surface area contributed by atoms with Gasteiger partial charge in [-0.3, -0.25) is 14.4 Å². The normalized spacial score (nSPS) is 14.6. The first-order chi connectivity index (χ1) is 20.4. The van der Waals surface area contributed by atoms with Crippen LogP contribution < -0.4 is 20.7 Å². The maximum Gasteiger partial charge on any atom is 0.408 e. The predicted octanol–water partition coefficient (Wildman–Crippen LogP) is 3.91. The van der Waals surface area contributed by atoms with E-state index >= 15 is 0 Å². The Balaban J connectivity index is 1.41. The highest BCUT2D eigenvalue weighted by Gasteiger charge is 2.31. The molecule has 1 aromatic heterocycles. The molecule has 0 radical (unpaired) electrons. The molecule has 11 nitrogen and oxygen atoms in total. The van der Waals surface area contributed by atoms with Crippen molar-refractivity contribution in [2.75, 3.05) is 32.1 Å². The number of likely N-dealkylation sites (tertiary alicyclic amines) is 1. The molecule has 1 aliphatic rings. The minimum absolute atomic E-state index is 0.179. The standard InChI is InChI=1S/C32H41N5O6/c1-20-10-11-27(42-5)25(16-20)35-30(40)26(17-22-18-33-24-9-7-6-8-23(22)24)36-29(39)21-12-14-37(15-13-21)28(38)19-34-31(41)43-32(2,3)4/h6-11,16,18,21,26,33H,12-15,17,19H2,1-5H3,(H,34,41)(H,35,40)(H,36,39)/t26-/m0/s1. The number of hydrogen-bond donors (Lipinski definition) is 4. The van der Waals surface area contributed by atoms with Crippen molar-refractivity contribution in [3.8, 4) is 5.75 Å². The lowest BCUT2D eigenvalue weighted by molar-refractivity contribution is -0.135. The van der Waals surface area contributed by atoms with Gasteiger partial charge in [0.2, 0.25) is 17.7 Å². The Morgan fingerprint density at radius 1 is 1.07 bits per heavy atom. The fourth-order valence-electron chi connectivity index (χ4n) is 5.12. The number of aromatic amines is 1. The number of aromatic nitrogens is 1. The predicted molar refractivity (Wildman–Crippen MR) is 164 cm³/mol. The summed E-state index contributed by atoms with van der Waals surface area (Å²) >= 11 is 0. The summed E-state index contributed by atoms with van der Waals surface area (Å²) in [6.07, 6.45) is 2.37. The van der Waals surface area contributed by atoms with E-state index in [1.165, 1.54) is 7.11 Å². The molecule has 0 spiro atoms. The fraction of sp³-hybridized carbons (Fsp3) is 0.438. The number of nitrogens with one attached hydrogen (secondary N) is 4. The molecule has 0 bridgehead atoms. The first-order valence-electron chi connectivity index (χ1n) is 14.5. The minimum atomic E-state index is -0.852. The van der Waals surface area contributed by atoms with Crippen molar-refractivity contribution in [1.82, 2.24) is 20.5 Å². The van der Waals surface area contributed by atoms with Crippen molar-refractivity contribution in [2.45, 2.75) is 58.6 Å². The van der Waals surface area contributed by atoms with Crippen LogP contribution in [-0.4, -0.2) is 72.1 Å². The Morgan fingerprint density at radius 3 is 2.49 bits per heavy atom. The molecule has 4 N–H and O–H groups in total. The number of carbonyl (C=O) groups is 4. The molecule has 0 aliphatic carbocycles. The average Bonchev–Trinajstić information content (AvgIpc) is 3.37. The van der Waals surface area contributed by atoms with Crippen LogP contribution in [0.1, 0.15) is 44.7 Å². The molecule has 4 rings (SSSR count). The van der Waals surface area contributed by atoms with Crippen LogP contribution in [0.25, 0.3) is 10.9 Å². The molecule has 3 aromatic rings. The molecule has 2 heterocycles. The van der Waals surface area contributed by atoms with Crippen LogP contribution in [0.3, 0.4) is 0 Å². The van der Waals surface area contributed by atoms with Crippen LogP contribution in [0.5, 0.6) is 5.75 Å². The molecule has 4 amide bonds. The summed E-state index contributed by atoms with van der Waals surface area (Å²) in [7, 11) is 1.54. The number of benzene rings is 2. The van der Waals surface area contributed by atoms with Crippen LogP contribution in [0, 0.1) is 12.8 Å². The molecule has 1 atom stereocenters. The first-order valence-corrected chi connectivity index (χ1v) is 14.5. The van der Waals surface area contributed by atoms with Gasteiger partial charge in [0.25, 0.3) is 0 Å². The van der Waals surface area contributed by atoms with Gasteiger partial charge in [0.15, 0.2) is 0 Å². The molecular weight excluding hydrogens is 550 g/mol. The summed E-state index contributed by atoms with van der Waals surface area (Å²) in [6, 6.07) is 12.5. The molecule has 0 saturated carbocycles. The number of H-pyrrole nitrogens is 1. The van der Waals surface area contributed by atoms with Crippen LogP contribution >= 0.6 is 0 Å². The second-order valence-corrected chi connectivity index (χ2v) is 11.8. The van der Waals surface area contributed by atoms with Crippen LogP contribution in [-0.2, 0) is 25.5 Å². The molecule has 2 aromatic carbocycles. The van der Waals surface area contributed by atoms with Gasteiger partial charge < -0.3 is 35.3 Å². The monoisotopic (exact) mass is 591 g/mol. The zero-order valence-electron chi connectivity index (χ0n) is 25.4. The van der Waals surface area contributed by atoms with Crippen LogP contribution in [0.2, 0.25) is 0 Å². The lowest BCUT2D eigenvalue weighted by Crippen LogP contribution is -2.50. The third-order valence-electron chi connectivity index (χ3n) is 7.35. The highest BCUT2D eigenvalue weighted by Crippen LogP contribution is 2.26. The van der Waals surface area contributed by atoms with Crippen molar-refractivity contribution >= 4 is 40.4 Å². The quantitative estimate of drug-likeness (QED) is 0.297. The highest BCUT2D eigenvalue weighted by molar-refractivity contribution is 5.99. The zero-order chi connectivity index (χ0) is 31.1. The van der Waals surface area contributed by atoms with Crippen molar-refractivity contribution in [1.29, 1.82) is 0 Å². The SMILES string of the molecule is COc1ccc(C)cc1NC(=O)[C@H](Cc1c[nH]c2ccccc12)NC(=O)C1CCN(C(=O)CNC(=O)OC(C)(C)C)CC1. The number of piperidine rings is 1. The number of carbonyl (C=O) groups excluding carboxylic acids is 4. The molecule has 11 heteroatoms. The van der Waals surface area contributed by atoms with E-state index in [0.29, 0.717) is 37.4 Å². The highest BCUT2D eigenvalue weighted by atomic mass is 16.6. The second-order valence-electron chi connectivity index (χ2n) is 11.8. The number of fused-ring (bicyclic) bond motifs is 1. The third kappa shape index (κ3) is 8.50. The van der Waals surface area contributed by atoms with Crippen molar-refractivity contribution in [3.05, 3.63) is 59.8 Å². The summed E-state index contributed by atoms with van der Waals surface area (Å²) in [5, 5.41) is 9.40. The van der Waals surface area contributed by atoms with Crippen LogP contribution in [0.15, 0.2) is 48.7 Å². The van der Waals surface area contributed by atoms with Crippen LogP contribution in [0.4, 0.5) is 10.5 Å². The van der Waals surface area contributed by atoms with E-state index in [9.17, 15) is 19.2 Å². The molecule has 1 aliphatic heterocycles. The summed E-state index contributed by atoms with van der Waals surface area (Å²) in [5.74, 6) is -0.684. The maximum absolute atomic E-state index is 13.6. The summed E-state index contributed by atoms with van der Waals surface area (Å²) in [6.45, 7) is 7.72. The lowest BCUT2D eigenvalue weighted by Gasteiger charge is -2.32. The molecule has 1 saturated heterocycles. The van der Waals surface area contributed by atoms with Gasteiger partial charge in [0, 0.05) is 42.5 Å². The number of alkyl carbamates (subject to hydrolysis) is 1. The van der Waals surface area contributed by atoms with E-state index in [1.54, 1.807) is 31.7 Å². The molecule has 230 valence electrons. The number of amides is 4. The number of rotatable bonds is 9. The van der Waals surface area contributed by atoms with E-state index in [2.05, 4.69) is 20.9 Å². The van der Waals surface area contributed by atoms with E-state index in [-0.39, 0.29) is 36.6 Å². The zero-order valence-corrected chi connectivity index (χ0v) is 25.4. The van der Waals surface area contributed by atoms with Gasteiger partial charge in [-0.15, -0.1) is 0 Å². The summed E-state index contributed by atoms with van der Waals surface area (Å²) < 4.78 is 10.6.